The summed E-state index contributed by atoms with van der Waals surface area (Å²) in [5.41, 5.74) is 1.00. The maximum Gasteiger partial charge on any atom is 0.186 e. The van der Waals surface area contributed by atoms with Gasteiger partial charge in [-0.05, 0) is 44.1 Å². The predicted octanol–water partition coefficient (Wildman–Crippen LogP) is 3.75. The minimum absolute atomic E-state index is 0.700. The van der Waals surface area contributed by atoms with Gasteiger partial charge in [-0.3, -0.25) is 0 Å². The highest BCUT2D eigenvalue weighted by Gasteiger charge is 2.11. The second-order valence-electron chi connectivity index (χ2n) is 4.86. The predicted molar refractivity (Wildman–Crippen MR) is 84.7 cm³/mol. The largest absolute Gasteiger partial charge is 0.201 e. The quantitative estimate of drug-likeness (QED) is 0.522. The van der Waals surface area contributed by atoms with Crippen LogP contribution >= 0.6 is 0 Å². The third-order valence-corrected chi connectivity index (χ3v) is 3.65. The van der Waals surface area contributed by atoms with Crippen LogP contribution in [0, 0.1) is 0 Å². The van der Waals surface area contributed by atoms with Gasteiger partial charge in [0.2, 0.25) is 0 Å². The average Bonchev–Trinajstić information content (AvgIpc) is 3.00. The van der Waals surface area contributed by atoms with Crippen molar-refractivity contribution in [1.82, 2.24) is 20.2 Å². The number of fused-ring (bicyclic) bond motifs is 2. The van der Waals surface area contributed by atoms with E-state index in [0.717, 1.165) is 10.9 Å². The molecular weight excluding hydrogens is 260 g/mol. The number of rotatable bonds is 2. The summed E-state index contributed by atoms with van der Waals surface area (Å²) in [7, 11) is 0. The van der Waals surface area contributed by atoms with Gasteiger partial charge in [-0.1, -0.05) is 49.0 Å². The lowest BCUT2D eigenvalue weighted by molar-refractivity contribution is 0.820. The average molecular weight is 272 g/mol. The number of hydrogen-bond acceptors (Lipinski definition) is 3. The SMILES string of the molecule is C=Cn1nnnc1-c1cccc2cc3ccccc3cc12. The summed E-state index contributed by atoms with van der Waals surface area (Å²) >= 11 is 0. The van der Waals surface area contributed by atoms with Crippen LogP contribution in [0.15, 0.2) is 61.2 Å². The van der Waals surface area contributed by atoms with E-state index < -0.39 is 0 Å². The van der Waals surface area contributed by atoms with Crippen LogP contribution in [0.1, 0.15) is 0 Å². The summed E-state index contributed by atoms with van der Waals surface area (Å²) in [4.78, 5) is 0. The normalized spacial score (nSPS) is 11.0. The highest BCUT2D eigenvalue weighted by Crippen LogP contribution is 2.30. The first-order valence-corrected chi connectivity index (χ1v) is 6.69. The molecule has 0 N–H and O–H groups in total. The Morgan fingerprint density at radius 2 is 1.67 bits per heavy atom. The van der Waals surface area contributed by atoms with E-state index in [0.29, 0.717) is 5.82 Å². The van der Waals surface area contributed by atoms with Crippen LogP contribution in [0.3, 0.4) is 0 Å². The summed E-state index contributed by atoms with van der Waals surface area (Å²) in [5, 5.41) is 16.5. The van der Waals surface area contributed by atoms with Crippen molar-refractivity contribution in [3.8, 4) is 11.4 Å². The minimum Gasteiger partial charge on any atom is -0.201 e. The van der Waals surface area contributed by atoms with Gasteiger partial charge in [0.15, 0.2) is 5.82 Å². The molecular formula is C17H12N4. The lowest BCUT2D eigenvalue weighted by Crippen LogP contribution is -1.93. The van der Waals surface area contributed by atoms with Gasteiger partial charge in [0.05, 0.1) is 0 Å². The van der Waals surface area contributed by atoms with Crippen molar-refractivity contribution in [2.24, 2.45) is 0 Å². The third kappa shape index (κ3) is 1.80. The van der Waals surface area contributed by atoms with Crippen molar-refractivity contribution in [2.45, 2.75) is 0 Å². The Hall–Kier alpha value is -3.01. The van der Waals surface area contributed by atoms with Crippen LogP contribution < -0.4 is 0 Å². The Morgan fingerprint density at radius 1 is 0.905 bits per heavy atom. The highest BCUT2D eigenvalue weighted by molar-refractivity contribution is 6.04. The molecule has 0 atom stereocenters. The van der Waals surface area contributed by atoms with E-state index in [9.17, 15) is 0 Å². The first-order valence-electron chi connectivity index (χ1n) is 6.69. The molecule has 21 heavy (non-hydrogen) atoms. The molecule has 0 saturated carbocycles. The molecule has 1 heterocycles. The fraction of sp³-hybridized carbons (Fsp3) is 0. The molecule has 4 aromatic rings. The fourth-order valence-electron chi connectivity index (χ4n) is 2.66. The Bertz CT molecular complexity index is 969. The highest BCUT2D eigenvalue weighted by atomic mass is 15.5. The van der Waals surface area contributed by atoms with Gasteiger partial charge in [0.25, 0.3) is 0 Å². The molecule has 4 heteroatoms. The molecule has 0 radical (unpaired) electrons. The number of nitrogens with zero attached hydrogens (tertiary/aromatic N) is 4. The van der Waals surface area contributed by atoms with Gasteiger partial charge in [0, 0.05) is 11.8 Å². The van der Waals surface area contributed by atoms with E-state index in [4.69, 9.17) is 0 Å². The van der Waals surface area contributed by atoms with E-state index in [2.05, 4.69) is 58.5 Å². The van der Waals surface area contributed by atoms with Gasteiger partial charge in [-0.2, -0.15) is 0 Å². The molecule has 3 aromatic carbocycles. The molecule has 0 unspecified atom stereocenters. The zero-order valence-corrected chi connectivity index (χ0v) is 11.3. The Balaban J connectivity index is 2.10. The van der Waals surface area contributed by atoms with E-state index in [-0.39, 0.29) is 0 Å². The Kier molecular flexibility index (Phi) is 2.54. The summed E-state index contributed by atoms with van der Waals surface area (Å²) in [6.45, 7) is 3.74. The second kappa shape index (κ2) is 4.52. The summed E-state index contributed by atoms with van der Waals surface area (Å²) in [5.74, 6) is 0.700. The van der Waals surface area contributed by atoms with Crippen molar-refractivity contribution in [3.63, 3.8) is 0 Å². The molecule has 0 aliphatic rings. The van der Waals surface area contributed by atoms with E-state index in [1.165, 1.54) is 16.2 Å². The smallest absolute Gasteiger partial charge is 0.186 e. The maximum absolute atomic E-state index is 4.12. The van der Waals surface area contributed by atoms with Gasteiger partial charge in [0.1, 0.15) is 0 Å². The maximum atomic E-state index is 4.12. The molecule has 0 aliphatic carbocycles. The molecule has 100 valence electrons. The lowest BCUT2D eigenvalue weighted by atomic mass is 9.99. The fourth-order valence-corrected chi connectivity index (χ4v) is 2.66. The molecule has 0 spiro atoms. The lowest BCUT2D eigenvalue weighted by Gasteiger charge is -2.07. The molecule has 0 fully saturated rings. The zero-order chi connectivity index (χ0) is 14.2. The van der Waals surface area contributed by atoms with Crippen molar-refractivity contribution < 1.29 is 0 Å². The van der Waals surface area contributed by atoms with E-state index in [1.807, 2.05) is 18.2 Å². The number of benzene rings is 3. The molecule has 4 rings (SSSR count). The second-order valence-corrected chi connectivity index (χ2v) is 4.86. The molecule has 4 nitrogen and oxygen atoms in total. The standard InChI is InChI=1S/C17H12N4/c1-2-21-17(18-19-20-21)15-9-5-8-14-10-12-6-3-4-7-13(12)11-16(14)15/h2-11H,1H2. The molecule has 0 aliphatic heterocycles. The van der Waals surface area contributed by atoms with E-state index >= 15 is 0 Å². The minimum atomic E-state index is 0.700. The van der Waals surface area contributed by atoms with Crippen LogP contribution in [0.2, 0.25) is 0 Å². The van der Waals surface area contributed by atoms with E-state index in [1.54, 1.807) is 10.9 Å². The molecule has 1 aromatic heterocycles. The molecule has 0 amide bonds. The molecule has 0 saturated heterocycles. The number of aromatic nitrogens is 4. The zero-order valence-electron chi connectivity index (χ0n) is 11.3. The van der Waals surface area contributed by atoms with Crippen molar-refractivity contribution in [3.05, 3.63) is 61.2 Å². The Morgan fingerprint density at radius 3 is 2.48 bits per heavy atom. The van der Waals surface area contributed by atoms with Gasteiger partial charge < -0.3 is 0 Å². The van der Waals surface area contributed by atoms with Crippen molar-refractivity contribution in [1.29, 1.82) is 0 Å². The van der Waals surface area contributed by atoms with Crippen LogP contribution in [-0.2, 0) is 0 Å². The van der Waals surface area contributed by atoms with Gasteiger partial charge in [-0.25, -0.2) is 4.68 Å². The van der Waals surface area contributed by atoms with Crippen molar-refractivity contribution in [2.75, 3.05) is 0 Å². The molecule has 0 bridgehead atoms. The van der Waals surface area contributed by atoms with Gasteiger partial charge >= 0.3 is 0 Å². The third-order valence-electron chi connectivity index (χ3n) is 3.65. The summed E-state index contributed by atoms with van der Waals surface area (Å²) in [6.07, 6.45) is 1.61. The van der Waals surface area contributed by atoms with Crippen molar-refractivity contribution >= 4 is 27.7 Å². The monoisotopic (exact) mass is 272 g/mol. The van der Waals surface area contributed by atoms with Crippen LogP contribution in [0.25, 0.3) is 39.1 Å². The topological polar surface area (TPSA) is 43.6 Å². The first-order chi connectivity index (χ1) is 10.4. The first kappa shape index (κ1) is 11.8. The summed E-state index contributed by atoms with van der Waals surface area (Å²) in [6, 6.07) is 18.9. The summed E-state index contributed by atoms with van der Waals surface area (Å²) < 4.78 is 1.59. The van der Waals surface area contributed by atoms with Crippen LogP contribution in [0.5, 0.6) is 0 Å². The van der Waals surface area contributed by atoms with Crippen LogP contribution in [0.4, 0.5) is 0 Å². The van der Waals surface area contributed by atoms with Gasteiger partial charge in [-0.15, -0.1) is 5.10 Å². The van der Waals surface area contributed by atoms with Crippen LogP contribution in [-0.4, -0.2) is 20.2 Å². The number of hydrogen-bond donors (Lipinski definition) is 0. The number of tetrazole rings is 1. The Labute approximate surface area is 121 Å².